The van der Waals surface area contributed by atoms with Gasteiger partial charge in [-0.1, -0.05) is 6.58 Å². The molecule has 1 heterocycles. The fourth-order valence-corrected chi connectivity index (χ4v) is 1.07. The molecule has 0 spiro atoms. The van der Waals surface area contributed by atoms with Crippen molar-refractivity contribution in [2.45, 2.75) is 6.92 Å². The molecule has 0 saturated carbocycles. The SMILES string of the molecule is C=CC[N+]1(C)C(C)=NNN1C. The van der Waals surface area contributed by atoms with E-state index in [4.69, 9.17) is 0 Å². The summed E-state index contributed by atoms with van der Waals surface area (Å²) in [6, 6.07) is 0. The van der Waals surface area contributed by atoms with Crippen LogP contribution in [0.4, 0.5) is 0 Å². The summed E-state index contributed by atoms with van der Waals surface area (Å²) in [6.45, 7) is 6.57. The molecule has 0 radical (unpaired) electrons. The number of nitrogens with one attached hydrogen (secondary N) is 1. The molecule has 1 atom stereocenters. The van der Waals surface area contributed by atoms with Crippen LogP contribution in [0.1, 0.15) is 6.92 Å². The molecule has 1 aliphatic rings. The monoisotopic (exact) mass is 155 g/mol. The second-order valence-corrected chi connectivity index (χ2v) is 2.89. The smallest absolute Gasteiger partial charge is 0.190 e. The highest BCUT2D eigenvalue weighted by atomic mass is 16.0. The van der Waals surface area contributed by atoms with E-state index in [1.54, 1.807) is 0 Å². The Kier molecular flexibility index (Phi) is 1.97. The third-order valence-electron chi connectivity index (χ3n) is 2.20. The number of quaternary nitrogens is 1. The zero-order valence-corrected chi connectivity index (χ0v) is 7.33. The van der Waals surface area contributed by atoms with Crippen molar-refractivity contribution in [1.29, 1.82) is 0 Å². The van der Waals surface area contributed by atoms with Crippen LogP contribution in [0.5, 0.6) is 0 Å². The molecule has 0 aromatic rings. The topological polar surface area (TPSA) is 27.6 Å². The number of hydrogen-bond acceptors (Lipinski definition) is 3. The summed E-state index contributed by atoms with van der Waals surface area (Å²) in [5.41, 5.74) is 2.89. The number of hydrogen-bond donors (Lipinski definition) is 1. The first-order valence-electron chi connectivity index (χ1n) is 3.62. The maximum Gasteiger partial charge on any atom is 0.239 e. The van der Waals surface area contributed by atoms with Crippen LogP contribution in [-0.2, 0) is 0 Å². The van der Waals surface area contributed by atoms with E-state index in [1.165, 1.54) is 0 Å². The minimum Gasteiger partial charge on any atom is -0.190 e. The van der Waals surface area contributed by atoms with Crippen molar-refractivity contribution in [2.24, 2.45) is 5.10 Å². The second kappa shape index (κ2) is 2.64. The summed E-state index contributed by atoms with van der Waals surface area (Å²) in [5, 5.41) is 6.05. The molecular weight excluding hydrogens is 140 g/mol. The van der Waals surface area contributed by atoms with Crippen molar-refractivity contribution in [3.63, 3.8) is 0 Å². The number of likely N-dealkylation sites (N-methyl/N-ethyl adjacent to an activating group) is 1. The molecule has 0 aromatic heterocycles. The first kappa shape index (κ1) is 8.23. The fourth-order valence-electron chi connectivity index (χ4n) is 1.07. The van der Waals surface area contributed by atoms with Gasteiger partial charge in [-0.2, -0.15) is 10.1 Å². The lowest BCUT2D eigenvalue weighted by molar-refractivity contribution is -0.935. The van der Waals surface area contributed by atoms with Crippen LogP contribution in [0.25, 0.3) is 0 Å². The van der Waals surface area contributed by atoms with Crippen LogP contribution in [0.15, 0.2) is 17.8 Å². The van der Waals surface area contributed by atoms with Gasteiger partial charge in [0.05, 0.1) is 14.1 Å². The Labute approximate surface area is 67.3 Å². The van der Waals surface area contributed by atoms with Crippen molar-refractivity contribution in [3.05, 3.63) is 12.7 Å². The highest BCUT2D eigenvalue weighted by Crippen LogP contribution is 2.11. The number of amidine groups is 1. The molecule has 1 N–H and O–H groups in total. The number of hydrazine groups is 1. The largest absolute Gasteiger partial charge is 0.239 e. The summed E-state index contributed by atoms with van der Waals surface area (Å²) in [6.07, 6.45) is 1.89. The van der Waals surface area contributed by atoms with Gasteiger partial charge >= 0.3 is 0 Å². The molecule has 0 amide bonds. The Morgan fingerprint density at radius 2 is 2.45 bits per heavy atom. The van der Waals surface area contributed by atoms with E-state index in [0.717, 1.165) is 12.4 Å². The van der Waals surface area contributed by atoms with Gasteiger partial charge in [-0.15, -0.1) is 5.10 Å². The molecule has 0 aromatic carbocycles. The number of hydrazone groups is 1. The van der Waals surface area contributed by atoms with E-state index >= 15 is 0 Å². The van der Waals surface area contributed by atoms with E-state index < -0.39 is 0 Å². The van der Waals surface area contributed by atoms with Gasteiger partial charge in [0, 0.05) is 6.92 Å². The van der Waals surface area contributed by atoms with E-state index in [1.807, 2.05) is 25.2 Å². The lowest BCUT2D eigenvalue weighted by Crippen LogP contribution is -2.57. The molecule has 0 fully saturated rings. The van der Waals surface area contributed by atoms with Gasteiger partial charge in [0.15, 0.2) is 0 Å². The Bertz CT molecular complexity index is 199. The lowest BCUT2D eigenvalue weighted by Gasteiger charge is -2.31. The van der Waals surface area contributed by atoms with Gasteiger partial charge in [-0.3, -0.25) is 0 Å². The van der Waals surface area contributed by atoms with Crippen LogP contribution in [-0.4, -0.2) is 36.2 Å². The predicted molar refractivity (Wildman–Crippen MR) is 45.3 cm³/mol. The van der Waals surface area contributed by atoms with Gasteiger partial charge in [-0.05, 0) is 11.2 Å². The summed E-state index contributed by atoms with van der Waals surface area (Å²) in [5.74, 6) is 1.05. The molecule has 0 bridgehead atoms. The van der Waals surface area contributed by atoms with Crippen molar-refractivity contribution in [3.8, 4) is 0 Å². The second-order valence-electron chi connectivity index (χ2n) is 2.89. The van der Waals surface area contributed by atoms with Gasteiger partial charge in [0.2, 0.25) is 5.84 Å². The average molecular weight is 155 g/mol. The number of rotatable bonds is 2. The maximum absolute atomic E-state index is 4.11. The quantitative estimate of drug-likeness (QED) is 0.459. The zero-order chi connectivity index (χ0) is 8.48. The molecule has 62 valence electrons. The normalized spacial score (nSPS) is 31.4. The van der Waals surface area contributed by atoms with Crippen molar-refractivity contribution in [2.75, 3.05) is 20.6 Å². The molecule has 4 nitrogen and oxygen atoms in total. The summed E-state index contributed by atoms with van der Waals surface area (Å²) in [7, 11) is 4.05. The third kappa shape index (κ3) is 1.15. The highest BCUT2D eigenvalue weighted by Gasteiger charge is 2.35. The molecule has 1 unspecified atom stereocenters. The lowest BCUT2D eigenvalue weighted by atomic mass is 10.4. The average Bonchev–Trinajstić information content (AvgIpc) is 2.19. The predicted octanol–water partition coefficient (Wildman–Crippen LogP) is 0.317. The van der Waals surface area contributed by atoms with Gasteiger partial charge < -0.3 is 0 Å². The van der Waals surface area contributed by atoms with Crippen LogP contribution >= 0.6 is 0 Å². The van der Waals surface area contributed by atoms with Gasteiger partial charge in [-0.25, -0.2) is 0 Å². The molecular formula is C7H15N4+. The third-order valence-corrected chi connectivity index (χ3v) is 2.20. The zero-order valence-electron chi connectivity index (χ0n) is 7.33. The van der Waals surface area contributed by atoms with Crippen LogP contribution in [0.3, 0.4) is 0 Å². The Balaban J connectivity index is 2.80. The molecule has 11 heavy (non-hydrogen) atoms. The molecule has 0 saturated heterocycles. The van der Waals surface area contributed by atoms with Crippen molar-refractivity contribution < 1.29 is 4.59 Å². The van der Waals surface area contributed by atoms with Crippen LogP contribution in [0.2, 0.25) is 0 Å². The van der Waals surface area contributed by atoms with Gasteiger partial charge in [0.25, 0.3) is 0 Å². The first-order chi connectivity index (χ1) is 5.11. The fraction of sp³-hybridized carbons (Fsp3) is 0.571. The minimum absolute atomic E-state index is 0.670. The molecule has 4 heteroatoms. The highest BCUT2D eigenvalue weighted by molar-refractivity contribution is 5.72. The molecule has 0 aliphatic carbocycles. The molecule has 1 rings (SSSR count). The Morgan fingerprint density at radius 1 is 1.82 bits per heavy atom. The van der Waals surface area contributed by atoms with E-state index in [2.05, 4.69) is 24.3 Å². The standard InChI is InChI=1S/C7H15N4/c1-5-6-11(4)7(2)8-9-10(11)3/h5,9H,1,6H2,2-4H3/q+1. The summed E-state index contributed by atoms with van der Waals surface area (Å²) < 4.78 is 0.670. The number of nitrogens with zero attached hydrogens (tertiary/aromatic N) is 3. The first-order valence-corrected chi connectivity index (χ1v) is 3.62. The van der Waals surface area contributed by atoms with E-state index in [9.17, 15) is 0 Å². The molecule has 1 aliphatic heterocycles. The van der Waals surface area contributed by atoms with Crippen LogP contribution < -0.4 is 5.53 Å². The van der Waals surface area contributed by atoms with Crippen LogP contribution in [0, 0.1) is 0 Å². The van der Waals surface area contributed by atoms with E-state index in [-0.39, 0.29) is 0 Å². The maximum atomic E-state index is 4.11. The Hall–Kier alpha value is -0.870. The van der Waals surface area contributed by atoms with Crippen molar-refractivity contribution in [1.82, 2.24) is 10.7 Å². The summed E-state index contributed by atoms with van der Waals surface area (Å²) in [4.78, 5) is 0. The van der Waals surface area contributed by atoms with E-state index in [0.29, 0.717) is 4.59 Å². The minimum atomic E-state index is 0.670. The Morgan fingerprint density at radius 3 is 2.82 bits per heavy atom. The van der Waals surface area contributed by atoms with Gasteiger partial charge in [0.1, 0.15) is 6.54 Å². The van der Waals surface area contributed by atoms with Crippen molar-refractivity contribution >= 4 is 5.84 Å². The summed E-state index contributed by atoms with van der Waals surface area (Å²) >= 11 is 0.